The van der Waals surface area contributed by atoms with E-state index in [2.05, 4.69) is 10.3 Å². The molecular weight excluding hydrogens is 328 g/mol. The zero-order chi connectivity index (χ0) is 18.6. The van der Waals surface area contributed by atoms with Crippen molar-refractivity contribution < 1.29 is 13.9 Å². The van der Waals surface area contributed by atoms with Gasteiger partial charge in [-0.1, -0.05) is 38.1 Å². The molecule has 1 heterocycles. The zero-order valence-electron chi connectivity index (χ0n) is 15.2. The number of carbonyl (C=O) groups is 1. The van der Waals surface area contributed by atoms with Gasteiger partial charge in [0.15, 0.2) is 0 Å². The minimum absolute atomic E-state index is 0.149. The Hall–Kier alpha value is -3.08. The Morgan fingerprint density at radius 3 is 2.65 bits per heavy atom. The fourth-order valence-corrected chi connectivity index (χ4v) is 2.56. The number of hydrogen-bond donors (Lipinski definition) is 1. The summed E-state index contributed by atoms with van der Waals surface area (Å²) in [5, 5.41) is 2.96. The number of benzene rings is 2. The summed E-state index contributed by atoms with van der Waals surface area (Å²) in [7, 11) is 1.58. The maximum Gasteiger partial charge on any atom is 0.251 e. The van der Waals surface area contributed by atoms with Crippen LogP contribution in [0.1, 0.15) is 29.9 Å². The quantitative estimate of drug-likeness (QED) is 0.728. The SMILES string of the molecule is COc1cccc(C(=O)NCC(C)(C)c2coc(-c3ccccc3)n2)c1. The number of amides is 1. The van der Waals surface area contributed by atoms with E-state index in [4.69, 9.17) is 9.15 Å². The van der Waals surface area contributed by atoms with E-state index in [1.54, 1.807) is 37.6 Å². The molecule has 2 aromatic carbocycles. The number of ether oxygens (including phenoxy) is 1. The van der Waals surface area contributed by atoms with Crippen molar-refractivity contribution in [2.24, 2.45) is 0 Å². The van der Waals surface area contributed by atoms with Crippen LogP contribution in [0.4, 0.5) is 0 Å². The number of methoxy groups -OCH3 is 1. The Labute approximate surface area is 153 Å². The van der Waals surface area contributed by atoms with Gasteiger partial charge in [0.25, 0.3) is 5.91 Å². The van der Waals surface area contributed by atoms with Gasteiger partial charge in [0.05, 0.1) is 12.8 Å². The normalized spacial score (nSPS) is 11.2. The van der Waals surface area contributed by atoms with E-state index in [0.29, 0.717) is 23.7 Å². The van der Waals surface area contributed by atoms with Crippen LogP contribution < -0.4 is 10.1 Å². The summed E-state index contributed by atoms with van der Waals surface area (Å²) in [6.07, 6.45) is 1.65. The Bertz CT molecular complexity index is 885. The van der Waals surface area contributed by atoms with Gasteiger partial charge < -0.3 is 14.5 Å². The smallest absolute Gasteiger partial charge is 0.251 e. The first-order valence-corrected chi connectivity index (χ1v) is 8.43. The van der Waals surface area contributed by atoms with Crippen LogP contribution in [-0.2, 0) is 5.41 Å². The fraction of sp³-hybridized carbons (Fsp3) is 0.238. The summed E-state index contributed by atoms with van der Waals surface area (Å²) in [5.74, 6) is 1.08. The second-order valence-electron chi connectivity index (χ2n) is 6.70. The average Bonchev–Trinajstić information content (AvgIpc) is 3.18. The van der Waals surface area contributed by atoms with Crippen LogP contribution >= 0.6 is 0 Å². The highest BCUT2D eigenvalue weighted by atomic mass is 16.5. The van der Waals surface area contributed by atoms with Crippen molar-refractivity contribution in [2.45, 2.75) is 19.3 Å². The van der Waals surface area contributed by atoms with Crippen LogP contribution in [-0.4, -0.2) is 24.5 Å². The minimum atomic E-state index is -0.370. The van der Waals surface area contributed by atoms with Crippen LogP contribution in [0.15, 0.2) is 65.3 Å². The van der Waals surface area contributed by atoms with E-state index in [1.807, 2.05) is 44.2 Å². The lowest BCUT2D eigenvalue weighted by Crippen LogP contribution is -2.36. The average molecular weight is 350 g/mol. The van der Waals surface area contributed by atoms with Gasteiger partial charge in [-0.05, 0) is 30.3 Å². The summed E-state index contributed by atoms with van der Waals surface area (Å²) in [4.78, 5) is 17.0. The third-order valence-corrected chi connectivity index (χ3v) is 4.24. The van der Waals surface area contributed by atoms with Crippen LogP contribution in [0.25, 0.3) is 11.5 Å². The molecule has 3 rings (SSSR count). The van der Waals surface area contributed by atoms with Crippen molar-refractivity contribution in [3.05, 3.63) is 72.1 Å². The topological polar surface area (TPSA) is 64.4 Å². The van der Waals surface area contributed by atoms with Crippen molar-refractivity contribution in [3.63, 3.8) is 0 Å². The van der Waals surface area contributed by atoms with Gasteiger partial charge >= 0.3 is 0 Å². The first kappa shape index (κ1) is 17.7. The summed E-state index contributed by atoms with van der Waals surface area (Å²) in [5.41, 5.74) is 1.91. The molecule has 1 N–H and O–H groups in total. The van der Waals surface area contributed by atoms with Gasteiger partial charge in [0, 0.05) is 23.1 Å². The zero-order valence-corrected chi connectivity index (χ0v) is 15.2. The first-order chi connectivity index (χ1) is 12.5. The van der Waals surface area contributed by atoms with Gasteiger partial charge in [-0.3, -0.25) is 4.79 Å². The molecule has 0 aliphatic rings. The van der Waals surface area contributed by atoms with Crippen LogP contribution in [0.2, 0.25) is 0 Å². The third-order valence-electron chi connectivity index (χ3n) is 4.24. The molecule has 0 fully saturated rings. The van der Waals surface area contributed by atoms with Crippen molar-refractivity contribution in [1.82, 2.24) is 10.3 Å². The van der Waals surface area contributed by atoms with Gasteiger partial charge in [0.2, 0.25) is 5.89 Å². The van der Waals surface area contributed by atoms with Gasteiger partial charge in [-0.25, -0.2) is 4.98 Å². The molecule has 3 aromatic rings. The molecule has 5 nitrogen and oxygen atoms in total. The highest BCUT2D eigenvalue weighted by molar-refractivity contribution is 5.94. The number of nitrogens with one attached hydrogen (secondary N) is 1. The largest absolute Gasteiger partial charge is 0.497 e. The number of carbonyl (C=O) groups excluding carboxylic acids is 1. The molecule has 0 spiro atoms. The van der Waals surface area contributed by atoms with Gasteiger partial charge in [-0.15, -0.1) is 0 Å². The Balaban J connectivity index is 1.69. The molecule has 0 radical (unpaired) electrons. The van der Waals surface area contributed by atoms with E-state index in [9.17, 15) is 4.79 Å². The van der Waals surface area contributed by atoms with Crippen LogP contribution in [0, 0.1) is 0 Å². The van der Waals surface area contributed by atoms with Crippen LogP contribution in [0.5, 0.6) is 5.75 Å². The van der Waals surface area contributed by atoms with Crippen molar-refractivity contribution in [2.75, 3.05) is 13.7 Å². The first-order valence-electron chi connectivity index (χ1n) is 8.43. The summed E-state index contributed by atoms with van der Waals surface area (Å²) in [6.45, 7) is 4.47. The summed E-state index contributed by atoms with van der Waals surface area (Å²) < 4.78 is 10.8. The molecule has 134 valence electrons. The number of nitrogens with zero attached hydrogens (tertiary/aromatic N) is 1. The molecule has 0 bridgehead atoms. The molecule has 0 aliphatic heterocycles. The lowest BCUT2D eigenvalue weighted by Gasteiger charge is -2.22. The van der Waals surface area contributed by atoms with Gasteiger partial charge in [-0.2, -0.15) is 0 Å². The maximum absolute atomic E-state index is 12.4. The standard InChI is InChI=1S/C21H22N2O3/c1-21(2,14-22-19(24)16-10-7-11-17(12-16)25-3)18-13-26-20(23-18)15-8-5-4-6-9-15/h4-13H,14H2,1-3H3,(H,22,24). The van der Waals surface area contributed by atoms with Gasteiger partial charge in [0.1, 0.15) is 12.0 Å². The molecule has 5 heteroatoms. The molecule has 1 aromatic heterocycles. The van der Waals surface area contributed by atoms with Crippen molar-refractivity contribution in [1.29, 1.82) is 0 Å². The molecule has 0 saturated heterocycles. The van der Waals surface area contributed by atoms with E-state index < -0.39 is 0 Å². The fourth-order valence-electron chi connectivity index (χ4n) is 2.56. The molecule has 26 heavy (non-hydrogen) atoms. The monoisotopic (exact) mass is 350 g/mol. The molecule has 0 atom stereocenters. The van der Waals surface area contributed by atoms with E-state index in [0.717, 1.165) is 11.3 Å². The second-order valence-corrected chi connectivity index (χ2v) is 6.70. The maximum atomic E-state index is 12.4. The van der Waals surface area contributed by atoms with E-state index in [-0.39, 0.29) is 11.3 Å². The molecular formula is C21H22N2O3. The van der Waals surface area contributed by atoms with E-state index >= 15 is 0 Å². The molecule has 0 unspecified atom stereocenters. The molecule has 0 aliphatic carbocycles. The number of oxazole rings is 1. The van der Waals surface area contributed by atoms with Crippen LogP contribution in [0.3, 0.4) is 0 Å². The third kappa shape index (κ3) is 3.94. The highest BCUT2D eigenvalue weighted by Gasteiger charge is 2.26. The molecule has 0 saturated carbocycles. The van der Waals surface area contributed by atoms with Crippen molar-refractivity contribution in [3.8, 4) is 17.2 Å². The second kappa shape index (κ2) is 7.44. The lowest BCUT2D eigenvalue weighted by atomic mass is 9.90. The Kier molecular flexibility index (Phi) is 5.07. The molecule has 1 amide bonds. The minimum Gasteiger partial charge on any atom is -0.497 e. The highest BCUT2D eigenvalue weighted by Crippen LogP contribution is 2.26. The Morgan fingerprint density at radius 1 is 1.15 bits per heavy atom. The number of rotatable bonds is 6. The predicted molar refractivity (Wildman–Crippen MR) is 100 cm³/mol. The summed E-state index contributed by atoms with van der Waals surface area (Å²) >= 11 is 0. The summed E-state index contributed by atoms with van der Waals surface area (Å²) in [6, 6.07) is 16.8. The van der Waals surface area contributed by atoms with E-state index in [1.165, 1.54) is 0 Å². The van der Waals surface area contributed by atoms with Crippen molar-refractivity contribution >= 4 is 5.91 Å². The number of aromatic nitrogens is 1. The Morgan fingerprint density at radius 2 is 1.92 bits per heavy atom. The number of hydrogen-bond acceptors (Lipinski definition) is 4. The lowest BCUT2D eigenvalue weighted by molar-refractivity contribution is 0.0945. The predicted octanol–water partition coefficient (Wildman–Crippen LogP) is 4.06.